The zero-order chi connectivity index (χ0) is 16.8. The van der Waals surface area contributed by atoms with Crippen molar-refractivity contribution >= 4 is 17.8 Å². The average Bonchev–Trinajstić information content (AvgIpc) is 2.39. The lowest BCUT2D eigenvalue weighted by molar-refractivity contribution is -0.140. The first kappa shape index (κ1) is 21.6. The molecular formula is C12H26N4O5. The highest BCUT2D eigenvalue weighted by Crippen LogP contribution is 1.97. The molecule has 0 aliphatic carbocycles. The van der Waals surface area contributed by atoms with E-state index in [0.717, 1.165) is 12.8 Å². The Hall–Kier alpha value is -1.71. The Kier molecular flexibility index (Phi) is 13.7. The fraction of sp³-hybridized carbons (Fsp3) is 0.750. The van der Waals surface area contributed by atoms with Gasteiger partial charge in [0.15, 0.2) is 0 Å². The Morgan fingerprint density at radius 3 is 2.00 bits per heavy atom. The van der Waals surface area contributed by atoms with Crippen LogP contribution in [-0.4, -0.2) is 53.7 Å². The van der Waals surface area contributed by atoms with Gasteiger partial charge in [-0.05, 0) is 32.9 Å². The minimum atomic E-state index is -0.964. The van der Waals surface area contributed by atoms with E-state index >= 15 is 0 Å². The highest BCUT2D eigenvalue weighted by atomic mass is 16.4. The van der Waals surface area contributed by atoms with Crippen LogP contribution in [0.3, 0.4) is 0 Å². The molecule has 0 radical (unpaired) electrons. The van der Waals surface area contributed by atoms with Gasteiger partial charge in [0, 0.05) is 6.42 Å². The van der Waals surface area contributed by atoms with Crippen LogP contribution in [0.15, 0.2) is 0 Å². The minimum absolute atomic E-state index is 0.0950. The second-order valence-electron chi connectivity index (χ2n) is 4.41. The summed E-state index contributed by atoms with van der Waals surface area (Å²) in [4.78, 5) is 30.7. The molecule has 0 bridgehead atoms. The molecule has 2 unspecified atom stereocenters. The molecule has 0 aromatic rings. The summed E-state index contributed by atoms with van der Waals surface area (Å²) < 4.78 is 0. The van der Waals surface area contributed by atoms with E-state index in [2.05, 4.69) is 5.32 Å². The number of nitrogens with one attached hydrogen (secondary N) is 1. The summed E-state index contributed by atoms with van der Waals surface area (Å²) >= 11 is 0. The molecule has 0 spiro atoms. The molecule has 0 heterocycles. The van der Waals surface area contributed by atoms with Crippen molar-refractivity contribution in [3.63, 3.8) is 0 Å². The molecule has 9 N–H and O–H groups in total. The van der Waals surface area contributed by atoms with Crippen molar-refractivity contribution in [3.8, 4) is 0 Å². The zero-order valence-corrected chi connectivity index (χ0v) is 12.2. The van der Waals surface area contributed by atoms with Gasteiger partial charge in [-0.1, -0.05) is 6.42 Å². The van der Waals surface area contributed by atoms with Gasteiger partial charge >= 0.3 is 11.9 Å². The van der Waals surface area contributed by atoms with Gasteiger partial charge < -0.3 is 32.7 Å². The number of hydrogen-bond donors (Lipinski definition) is 6. The fourth-order valence-electron chi connectivity index (χ4n) is 1.31. The summed E-state index contributed by atoms with van der Waals surface area (Å²) in [6.07, 6.45) is 2.50. The molecule has 0 fully saturated rings. The number of nitrogens with two attached hydrogens (primary N) is 3. The number of hydrogen-bond acceptors (Lipinski definition) is 6. The van der Waals surface area contributed by atoms with Crippen molar-refractivity contribution in [1.29, 1.82) is 0 Å². The van der Waals surface area contributed by atoms with E-state index in [1.807, 2.05) is 0 Å². The number of likely N-dealkylation sites (N-methyl/N-ethyl adjacent to an activating group) is 1. The Labute approximate surface area is 123 Å². The molecule has 0 aliphatic rings. The van der Waals surface area contributed by atoms with Crippen molar-refractivity contribution in [1.82, 2.24) is 5.32 Å². The standard InChI is InChI=1S/C6H12N2O3.C6H14N2O2/c1-8-4(6(10)11)2-3-5(7)9;7-4-2-1-3-5(8)6(9)10/h4,8H,2-3H2,1H3,(H2,7,9)(H,10,11);5H,1-4,7-8H2,(H,9,10). The van der Waals surface area contributed by atoms with Gasteiger partial charge in [0.25, 0.3) is 0 Å². The second-order valence-corrected chi connectivity index (χ2v) is 4.41. The van der Waals surface area contributed by atoms with Crippen LogP contribution in [0, 0.1) is 0 Å². The molecule has 0 aromatic carbocycles. The molecular weight excluding hydrogens is 280 g/mol. The fourth-order valence-corrected chi connectivity index (χ4v) is 1.31. The van der Waals surface area contributed by atoms with E-state index in [-0.39, 0.29) is 12.8 Å². The van der Waals surface area contributed by atoms with Crippen LogP contribution in [0.4, 0.5) is 0 Å². The maximum Gasteiger partial charge on any atom is 0.320 e. The van der Waals surface area contributed by atoms with E-state index < -0.39 is 29.9 Å². The minimum Gasteiger partial charge on any atom is -0.480 e. The number of primary amides is 1. The van der Waals surface area contributed by atoms with Crippen molar-refractivity contribution in [2.24, 2.45) is 17.2 Å². The zero-order valence-electron chi connectivity index (χ0n) is 12.2. The first-order chi connectivity index (χ1) is 9.76. The predicted octanol–water partition coefficient (Wildman–Crippen LogP) is -1.55. The Morgan fingerprint density at radius 1 is 1.10 bits per heavy atom. The third-order valence-electron chi connectivity index (χ3n) is 2.61. The summed E-state index contributed by atoms with van der Waals surface area (Å²) in [5.41, 5.74) is 15.3. The third kappa shape index (κ3) is 14.5. The number of amides is 1. The van der Waals surface area contributed by atoms with Gasteiger partial charge in [-0.3, -0.25) is 14.4 Å². The lowest BCUT2D eigenvalue weighted by atomic mass is 10.1. The molecule has 0 saturated carbocycles. The molecule has 0 aliphatic heterocycles. The predicted molar refractivity (Wildman–Crippen MR) is 77.4 cm³/mol. The number of carbonyl (C=O) groups is 3. The van der Waals surface area contributed by atoms with Gasteiger partial charge in [0.05, 0.1) is 0 Å². The Balaban J connectivity index is 0. The van der Waals surface area contributed by atoms with Crippen LogP contribution < -0.4 is 22.5 Å². The molecule has 2 atom stereocenters. The smallest absolute Gasteiger partial charge is 0.320 e. The molecule has 0 rings (SSSR count). The van der Waals surface area contributed by atoms with Gasteiger partial charge in [-0.25, -0.2) is 0 Å². The maximum atomic E-state index is 10.3. The summed E-state index contributed by atoms with van der Waals surface area (Å²) in [6, 6.07) is -1.39. The van der Waals surface area contributed by atoms with E-state index in [1.54, 1.807) is 0 Å². The summed E-state index contributed by atoms with van der Waals surface area (Å²) in [5, 5.41) is 19.3. The van der Waals surface area contributed by atoms with Crippen molar-refractivity contribution in [2.45, 2.75) is 44.2 Å². The van der Waals surface area contributed by atoms with Crippen LogP contribution in [-0.2, 0) is 14.4 Å². The van der Waals surface area contributed by atoms with Crippen LogP contribution in [0.1, 0.15) is 32.1 Å². The molecule has 0 saturated heterocycles. The number of unbranched alkanes of at least 4 members (excludes halogenated alkanes) is 1. The van der Waals surface area contributed by atoms with Crippen LogP contribution >= 0.6 is 0 Å². The molecule has 1 amide bonds. The Morgan fingerprint density at radius 2 is 1.67 bits per heavy atom. The van der Waals surface area contributed by atoms with E-state index in [4.69, 9.17) is 27.4 Å². The monoisotopic (exact) mass is 306 g/mol. The van der Waals surface area contributed by atoms with Gasteiger partial charge in [-0.15, -0.1) is 0 Å². The van der Waals surface area contributed by atoms with Crippen LogP contribution in [0.5, 0.6) is 0 Å². The Bertz CT molecular complexity index is 325. The first-order valence-corrected chi connectivity index (χ1v) is 6.63. The number of carboxylic acid groups (broad SMARTS) is 2. The number of carboxylic acids is 2. The van der Waals surface area contributed by atoms with E-state index in [9.17, 15) is 14.4 Å². The van der Waals surface area contributed by atoms with Crippen molar-refractivity contribution in [3.05, 3.63) is 0 Å². The molecule has 124 valence electrons. The first-order valence-electron chi connectivity index (χ1n) is 6.63. The van der Waals surface area contributed by atoms with Crippen LogP contribution in [0.2, 0.25) is 0 Å². The lowest BCUT2D eigenvalue weighted by Crippen LogP contribution is -2.34. The largest absolute Gasteiger partial charge is 0.480 e. The third-order valence-corrected chi connectivity index (χ3v) is 2.61. The summed E-state index contributed by atoms with van der Waals surface area (Å²) in [5.74, 6) is -2.38. The highest BCUT2D eigenvalue weighted by molar-refractivity contribution is 5.77. The molecule has 0 aromatic heterocycles. The maximum absolute atomic E-state index is 10.3. The average molecular weight is 306 g/mol. The second kappa shape index (κ2) is 13.3. The molecule has 9 nitrogen and oxygen atoms in total. The van der Waals surface area contributed by atoms with Crippen LogP contribution in [0.25, 0.3) is 0 Å². The quantitative estimate of drug-likeness (QED) is 0.262. The number of carbonyl (C=O) groups excluding carboxylic acids is 1. The number of rotatable bonds is 10. The normalized spacial score (nSPS) is 12.7. The van der Waals surface area contributed by atoms with Gasteiger partial charge in [0.2, 0.25) is 5.91 Å². The van der Waals surface area contributed by atoms with Crippen molar-refractivity contribution in [2.75, 3.05) is 13.6 Å². The van der Waals surface area contributed by atoms with E-state index in [1.165, 1.54) is 7.05 Å². The van der Waals surface area contributed by atoms with E-state index in [0.29, 0.717) is 13.0 Å². The van der Waals surface area contributed by atoms with Gasteiger partial charge in [-0.2, -0.15) is 0 Å². The molecule has 9 heteroatoms. The SMILES string of the molecule is CNC(CCC(N)=O)C(=O)O.NCCCCC(N)C(=O)O. The summed E-state index contributed by atoms with van der Waals surface area (Å²) in [7, 11) is 1.53. The van der Waals surface area contributed by atoms with Gasteiger partial charge in [0.1, 0.15) is 12.1 Å². The molecule has 21 heavy (non-hydrogen) atoms. The highest BCUT2D eigenvalue weighted by Gasteiger charge is 2.14. The van der Waals surface area contributed by atoms with Crippen molar-refractivity contribution < 1.29 is 24.6 Å². The summed E-state index contributed by atoms with van der Waals surface area (Å²) in [6.45, 7) is 0.604. The lowest BCUT2D eigenvalue weighted by Gasteiger charge is -2.08. The topological polar surface area (TPSA) is 182 Å². The number of aliphatic carboxylic acids is 2.